The van der Waals surface area contributed by atoms with Crippen molar-refractivity contribution in [3.05, 3.63) is 42.1 Å². The molecule has 0 fully saturated rings. The van der Waals surface area contributed by atoms with Gasteiger partial charge in [-0.1, -0.05) is 47.1 Å². The summed E-state index contributed by atoms with van der Waals surface area (Å²) in [5, 5.41) is 1.84. The molecule has 0 N–H and O–H groups in total. The Labute approximate surface area is 121 Å². The van der Waals surface area contributed by atoms with Crippen LogP contribution in [0.25, 0.3) is 10.9 Å². The van der Waals surface area contributed by atoms with Crippen molar-refractivity contribution in [3.8, 4) is 0 Å². The van der Waals surface area contributed by atoms with E-state index < -0.39 is 0 Å². The number of halogens is 1. The topological polar surface area (TPSA) is 33.2 Å². The third-order valence-electron chi connectivity index (χ3n) is 2.95. The van der Waals surface area contributed by atoms with Crippen LogP contribution in [0.4, 0.5) is 0 Å². The minimum absolute atomic E-state index is 0.00653. The van der Waals surface area contributed by atoms with Gasteiger partial charge in [0.15, 0.2) is 0 Å². The van der Waals surface area contributed by atoms with E-state index in [-0.39, 0.29) is 5.91 Å². The third kappa shape index (κ3) is 3.32. The van der Waals surface area contributed by atoms with Crippen LogP contribution in [-0.4, -0.2) is 34.2 Å². The summed E-state index contributed by atoms with van der Waals surface area (Å²) in [7, 11) is 0. The Hall–Kier alpha value is -1.42. The van der Waals surface area contributed by atoms with Crippen molar-refractivity contribution >= 4 is 32.7 Å². The van der Waals surface area contributed by atoms with Crippen LogP contribution in [-0.2, 0) is 0 Å². The van der Waals surface area contributed by atoms with Crippen LogP contribution < -0.4 is 0 Å². The lowest BCUT2D eigenvalue weighted by Crippen LogP contribution is -2.33. The van der Waals surface area contributed by atoms with Gasteiger partial charge in [0, 0.05) is 23.8 Å². The SMILES string of the molecule is CCCN(CCBr)C(=O)c1ccc2ccccc2n1. The fourth-order valence-electron chi connectivity index (χ4n) is 2.03. The first-order chi connectivity index (χ1) is 9.26. The van der Waals surface area contributed by atoms with Crippen LogP contribution in [0.5, 0.6) is 0 Å². The summed E-state index contributed by atoms with van der Waals surface area (Å²) in [6.45, 7) is 3.54. The Balaban J connectivity index is 2.29. The molecule has 0 atom stereocenters. The Morgan fingerprint density at radius 2 is 2.00 bits per heavy atom. The van der Waals surface area contributed by atoms with Crippen LogP contribution in [0, 0.1) is 0 Å². The smallest absolute Gasteiger partial charge is 0.272 e. The van der Waals surface area contributed by atoms with Crippen molar-refractivity contribution in [2.45, 2.75) is 13.3 Å². The Morgan fingerprint density at radius 1 is 1.21 bits per heavy atom. The standard InChI is InChI=1S/C15H17BrN2O/c1-2-10-18(11-9-16)15(19)14-8-7-12-5-3-4-6-13(12)17-14/h3-8H,2,9-11H2,1H3. The van der Waals surface area contributed by atoms with Crippen molar-refractivity contribution in [2.75, 3.05) is 18.4 Å². The second-order valence-electron chi connectivity index (χ2n) is 4.37. The largest absolute Gasteiger partial charge is 0.336 e. The van der Waals surface area contributed by atoms with Gasteiger partial charge in [-0.25, -0.2) is 4.98 Å². The highest BCUT2D eigenvalue weighted by atomic mass is 79.9. The molecule has 1 aromatic heterocycles. The number of amides is 1. The molecule has 0 radical (unpaired) electrons. The summed E-state index contributed by atoms with van der Waals surface area (Å²) in [5.41, 5.74) is 1.39. The zero-order valence-corrected chi connectivity index (χ0v) is 12.6. The number of carbonyl (C=O) groups excluding carboxylic acids is 1. The molecule has 1 heterocycles. The van der Waals surface area contributed by atoms with Gasteiger partial charge in [0.25, 0.3) is 5.91 Å². The molecule has 2 rings (SSSR count). The van der Waals surface area contributed by atoms with Crippen molar-refractivity contribution in [1.29, 1.82) is 0 Å². The summed E-state index contributed by atoms with van der Waals surface area (Å²) >= 11 is 3.39. The molecule has 2 aromatic rings. The number of hydrogen-bond donors (Lipinski definition) is 0. The summed E-state index contributed by atoms with van der Waals surface area (Å²) < 4.78 is 0. The highest BCUT2D eigenvalue weighted by Crippen LogP contribution is 2.13. The Morgan fingerprint density at radius 3 is 2.74 bits per heavy atom. The van der Waals surface area contributed by atoms with E-state index in [1.807, 2.05) is 41.3 Å². The number of nitrogens with zero attached hydrogens (tertiary/aromatic N) is 2. The highest BCUT2D eigenvalue weighted by Gasteiger charge is 2.15. The maximum atomic E-state index is 12.4. The molecule has 0 bridgehead atoms. The second-order valence-corrected chi connectivity index (χ2v) is 5.16. The number of para-hydroxylation sites is 1. The maximum absolute atomic E-state index is 12.4. The average molecular weight is 321 g/mol. The first-order valence-corrected chi connectivity index (χ1v) is 7.59. The predicted molar refractivity (Wildman–Crippen MR) is 81.7 cm³/mol. The van der Waals surface area contributed by atoms with Gasteiger partial charge >= 0.3 is 0 Å². The molecule has 0 saturated heterocycles. The molecule has 3 nitrogen and oxygen atoms in total. The van der Waals surface area contributed by atoms with Gasteiger partial charge in [-0.3, -0.25) is 4.79 Å². The number of benzene rings is 1. The molecule has 1 amide bonds. The van der Waals surface area contributed by atoms with Gasteiger partial charge < -0.3 is 4.90 Å². The molecule has 0 unspecified atom stereocenters. The van der Waals surface area contributed by atoms with Gasteiger partial charge in [0.1, 0.15) is 5.69 Å². The van der Waals surface area contributed by atoms with E-state index in [2.05, 4.69) is 27.8 Å². The van der Waals surface area contributed by atoms with E-state index in [0.29, 0.717) is 12.2 Å². The monoisotopic (exact) mass is 320 g/mol. The molecule has 0 saturated carbocycles. The zero-order chi connectivity index (χ0) is 13.7. The first kappa shape index (κ1) is 14.0. The quantitative estimate of drug-likeness (QED) is 0.790. The molecular weight excluding hydrogens is 304 g/mol. The molecule has 100 valence electrons. The van der Waals surface area contributed by atoms with Crippen molar-refractivity contribution in [3.63, 3.8) is 0 Å². The number of aromatic nitrogens is 1. The van der Waals surface area contributed by atoms with Crippen LogP contribution in [0.15, 0.2) is 36.4 Å². The number of fused-ring (bicyclic) bond motifs is 1. The van der Waals surface area contributed by atoms with E-state index in [0.717, 1.165) is 29.2 Å². The highest BCUT2D eigenvalue weighted by molar-refractivity contribution is 9.09. The molecular formula is C15H17BrN2O. The molecule has 0 aliphatic rings. The number of rotatable bonds is 5. The predicted octanol–water partition coefficient (Wildman–Crippen LogP) is 3.48. The summed E-state index contributed by atoms with van der Waals surface area (Å²) in [6.07, 6.45) is 0.951. The molecule has 0 spiro atoms. The van der Waals surface area contributed by atoms with Crippen LogP contribution >= 0.6 is 15.9 Å². The fraction of sp³-hybridized carbons (Fsp3) is 0.333. The lowest BCUT2D eigenvalue weighted by Gasteiger charge is -2.20. The van der Waals surface area contributed by atoms with E-state index >= 15 is 0 Å². The zero-order valence-electron chi connectivity index (χ0n) is 11.0. The molecule has 1 aromatic carbocycles. The third-order valence-corrected chi connectivity index (χ3v) is 3.31. The van der Waals surface area contributed by atoms with E-state index in [1.165, 1.54) is 0 Å². The number of alkyl halides is 1. The van der Waals surface area contributed by atoms with Crippen molar-refractivity contribution in [1.82, 2.24) is 9.88 Å². The van der Waals surface area contributed by atoms with Gasteiger partial charge in [-0.05, 0) is 18.6 Å². The van der Waals surface area contributed by atoms with Crippen LogP contribution in [0.3, 0.4) is 0 Å². The van der Waals surface area contributed by atoms with Gasteiger partial charge in [0.2, 0.25) is 0 Å². The average Bonchev–Trinajstić information content (AvgIpc) is 2.46. The van der Waals surface area contributed by atoms with Gasteiger partial charge in [0.05, 0.1) is 5.52 Å². The first-order valence-electron chi connectivity index (χ1n) is 6.47. The van der Waals surface area contributed by atoms with Crippen LogP contribution in [0.2, 0.25) is 0 Å². The van der Waals surface area contributed by atoms with Crippen molar-refractivity contribution in [2.24, 2.45) is 0 Å². The number of hydrogen-bond acceptors (Lipinski definition) is 2. The van der Waals surface area contributed by atoms with Crippen LogP contribution in [0.1, 0.15) is 23.8 Å². The van der Waals surface area contributed by atoms with Gasteiger partial charge in [-0.2, -0.15) is 0 Å². The molecule has 0 aliphatic carbocycles. The second kappa shape index (κ2) is 6.66. The molecule has 19 heavy (non-hydrogen) atoms. The number of carbonyl (C=O) groups is 1. The van der Waals surface area contributed by atoms with E-state index in [1.54, 1.807) is 0 Å². The minimum atomic E-state index is 0.00653. The van der Waals surface area contributed by atoms with Crippen molar-refractivity contribution < 1.29 is 4.79 Å². The lowest BCUT2D eigenvalue weighted by atomic mass is 10.2. The number of pyridine rings is 1. The Bertz CT molecular complexity index is 565. The van der Waals surface area contributed by atoms with E-state index in [4.69, 9.17) is 0 Å². The lowest BCUT2D eigenvalue weighted by molar-refractivity contribution is 0.0761. The molecule has 4 heteroatoms. The normalized spacial score (nSPS) is 10.6. The minimum Gasteiger partial charge on any atom is -0.336 e. The summed E-state index contributed by atoms with van der Waals surface area (Å²) in [6, 6.07) is 11.6. The Kier molecular flexibility index (Phi) is 4.91. The summed E-state index contributed by atoms with van der Waals surface area (Å²) in [4.78, 5) is 18.7. The maximum Gasteiger partial charge on any atom is 0.272 e. The van der Waals surface area contributed by atoms with Gasteiger partial charge in [-0.15, -0.1) is 0 Å². The van der Waals surface area contributed by atoms with E-state index in [9.17, 15) is 4.79 Å². The fourth-order valence-corrected chi connectivity index (χ4v) is 2.46. The summed E-state index contributed by atoms with van der Waals surface area (Å²) in [5.74, 6) is 0.00653. The molecule has 0 aliphatic heterocycles.